The Morgan fingerprint density at radius 3 is 1.30 bits per heavy atom. The van der Waals surface area contributed by atoms with Gasteiger partial charge in [0.25, 0.3) is 0 Å². The molecule has 0 amide bonds. The minimum Gasteiger partial charge on any atom is -0.494 e. The Morgan fingerprint density at radius 2 is 0.908 bits per heavy atom. The lowest BCUT2D eigenvalue weighted by atomic mass is 10.1. The van der Waals surface area contributed by atoms with E-state index in [-0.39, 0.29) is 38.4 Å². The number of rotatable bonds is 39. The van der Waals surface area contributed by atoms with Crippen LogP contribution < -0.4 is 14.2 Å². The number of aryl methyl sites for hydroxylation is 2. The van der Waals surface area contributed by atoms with Crippen molar-refractivity contribution < 1.29 is 63.5 Å². The highest BCUT2D eigenvalue weighted by Crippen LogP contribution is 2.24. The highest BCUT2D eigenvalue weighted by molar-refractivity contribution is 5.86. The van der Waals surface area contributed by atoms with Crippen LogP contribution in [0, 0.1) is 11.8 Å². The Bertz CT molecular complexity index is 2800. The zero-order valence-electron chi connectivity index (χ0n) is 50.9. The Kier molecular flexibility index (Phi) is 41.6. The van der Waals surface area contributed by atoms with Crippen molar-refractivity contribution in [2.75, 3.05) is 72.9 Å². The van der Waals surface area contributed by atoms with Crippen LogP contribution in [0.3, 0.4) is 0 Å². The number of aliphatic hydroxyl groups excluding tert-OH is 4. The van der Waals surface area contributed by atoms with Gasteiger partial charge in [0.1, 0.15) is 37.3 Å². The van der Waals surface area contributed by atoms with Gasteiger partial charge in [-0.15, -0.1) is 6.58 Å². The van der Waals surface area contributed by atoms with E-state index >= 15 is 0 Å². The Morgan fingerprint density at radius 1 is 0.471 bits per heavy atom. The molecule has 0 saturated carbocycles. The SMILES string of the molecule is C=CC(C)=O.C=CCOOCCCc1ccc(-c2ccc(OCCCCCCOC(=O)C=C)cc2)nc1.OCC#Cc1ccc(-c2ccc(OCCCCCCOCO)cc2)nc1.OCCCCCCOc1ccc(-c2ccc(CCCO)cn2)cc1. The average molecular weight is 1190 g/mol. The third-order valence-electron chi connectivity index (χ3n) is 12.6. The zero-order valence-corrected chi connectivity index (χ0v) is 50.9. The van der Waals surface area contributed by atoms with E-state index in [1.807, 2.05) is 109 Å². The van der Waals surface area contributed by atoms with Gasteiger partial charge in [0.2, 0.25) is 0 Å². The van der Waals surface area contributed by atoms with Gasteiger partial charge in [0.15, 0.2) is 5.78 Å². The average Bonchev–Trinajstić information content (AvgIpc) is 3.75. The summed E-state index contributed by atoms with van der Waals surface area (Å²) in [6.07, 6.45) is 25.0. The summed E-state index contributed by atoms with van der Waals surface area (Å²) in [6.45, 7) is 15.8. The number of carbonyl (C=O) groups excluding carboxylic acids is 2. The number of ketones is 1. The van der Waals surface area contributed by atoms with Gasteiger partial charge in [-0.3, -0.25) is 19.7 Å². The van der Waals surface area contributed by atoms with E-state index in [0.29, 0.717) is 46.2 Å². The Labute approximate surface area is 515 Å². The first-order valence-electron chi connectivity index (χ1n) is 30.0. The van der Waals surface area contributed by atoms with Gasteiger partial charge in [-0.25, -0.2) is 14.6 Å². The van der Waals surface area contributed by atoms with Crippen LogP contribution in [-0.2, 0) is 41.7 Å². The summed E-state index contributed by atoms with van der Waals surface area (Å²) in [5.74, 6) is 7.67. The van der Waals surface area contributed by atoms with E-state index in [4.69, 9.17) is 53.9 Å². The maximum Gasteiger partial charge on any atom is 0.330 e. The number of hydrogen-bond donors (Lipinski definition) is 4. The number of allylic oxidation sites excluding steroid dienone is 1. The van der Waals surface area contributed by atoms with Crippen LogP contribution in [0.5, 0.6) is 17.2 Å². The molecule has 468 valence electrons. The number of carbonyl (C=O) groups is 2. The molecule has 0 radical (unpaired) electrons. The van der Waals surface area contributed by atoms with E-state index in [1.54, 1.807) is 12.3 Å². The molecular weight excluding hydrogens is 1100 g/mol. The molecule has 0 aliphatic rings. The standard InChI is InChI=1S/C26H33NO5.C21H25NO4.C20H27NO3.C4H6O/c1-3-17-31-32-20-9-10-22-11-16-25(27-21-22)23-12-14-24(15-13-23)29-18-7-5-6-8-19-30-26(28)4-2;23-13-5-6-18-7-12-21(22-16-18)19-8-10-20(11-9-19)26-15-4-2-1-3-14-25-17-24;22-13-3-1-2-4-15-24-19-10-8-18(9-11-19)20-12-7-17(16-21-20)6-5-14-23;1-3-4(2)5/h3-4,11-16,21H,1-2,5-10,17-20H2;7-12,16,23-24H,1-4,13-15,17H2;7-12,16,22-23H,1-6,13-15H2;3H,1H2,2H3. The molecule has 16 nitrogen and oxygen atoms in total. The van der Waals surface area contributed by atoms with Crippen molar-refractivity contribution >= 4 is 11.8 Å². The van der Waals surface area contributed by atoms with Crippen molar-refractivity contribution in [1.82, 2.24) is 15.0 Å². The van der Waals surface area contributed by atoms with Crippen molar-refractivity contribution in [3.8, 4) is 62.9 Å². The van der Waals surface area contributed by atoms with Crippen molar-refractivity contribution in [3.63, 3.8) is 0 Å². The first-order valence-corrected chi connectivity index (χ1v) is 30.0. The third-order valence-corrected chi connectivity index (χ3v) is 12.6. The topological polar surface area (TPSA) is 218 Å². The Hall–Kier alpha value is -7.85. The largest absolute Gasteiger partial charge is 0.494 e. The van der Waals surface area contributed by atoms with Crippen LogP contribution in [0.15, 0.2) is 166 Å². The van der Waals surface area contributed by atoms with Crippen molar-refractivity contribution in [2.45, 2.75) is 110 Å². The van der Waals surface area contributed by atoms with Gasteiger partial charge in [0, 0.05) is 66.7 Å². The molecule has 16 heteroatoms. The second-order valence-electron chi connectivity index (χ2n) is 19.6. The molecule has 0 fully saturated rings. The number of pyridine rings is 3. The molecule has 0 saturated heterocycles. The minimum absolute atomic E-state index is 0.0185. The molecule has 0 unspecified atom stereocenters. The molecule has 0 atom stereocenters. The number of nitrogens with zero attached hydrogens (tertiary/aromatic N) is 3. The normalized spacial score (nSPS) is 10.3. The number of aromatic nitrogens is 3. The molecule has 3 aromatic heterocycles. The summed E-state index contributed by atoms with van der Waals surface area (Å²) in [7, 11) is 0. The van der Waals surface area contributed by atoms with E-state index in [9.17, 15) is 9.59 Å². The number of hydrogen-bond acceptors (Lipinski definition) is 16. The Balaban J connectivity index is 0.000000331. The highest BCUT2D eigenvalue weighted by Gasteiger charge is 2.06. The van der Waals surface area contributed by atoms with Crippen molar-refractivity contribution in [2.24, 2.45) is 0 Å². The minimum atomic E-state index is -0.362. The number of unbranched alkanes of at least 4 members (excludes halogenated alkanes) is 9. The molecule has 3 aromatic carbocycles. The molecule has 0 aliphatic heterocycles. The molecule has 87 heavy (non-hydrogen) atoms. The van der Waals surface area contributed by atoms with Crippen molar-refractivity contribution in [1.29, 1.82) is 0 Å². The lowest BCUT2D eigenvalue weighted by Gasteiger charge is -2.08. The summed E-state index contributed by atoms with van der Waals surface area (Å²) < 4.78 is 27.1. The zero-order chi connectivity index (χ0) is 62.6. The summed E-state index contributed by atoms with van der Waals surface area (Å²) in [4.78, 5) is 44.0. The van der Waals surface area contributed by atoms with Gasteiger partial charge in [-0.2, -0.15) is 0 Å². The second-order valence-corrected chi connectivity index (χ2v) is 19.6. The van der Waals surface area contributed by atoms with Gasteiger partial charge in [-0.05, 0) is 211 Å². The van der Waals surface area contributed by atoms with Crippen LogP contribution in [0.1, 0.15) is 114 Å². The first-order chi connectivity index (χ1) is 42.7. The quantitative estimate of drug-likeness (QED) is 0.00412. The van der Waals surface area contributed by atoms with Crippen LogP contribution in [0.4, 0.5) is 0 Å². The molecule has 0 aliphatic carbocycles. The number of benzene rings is 3. The molecule has 0 spiro atoms. The monoisotopic (exact) mass is 1190 g/mol. The fourth-order valence-electron chi connectivity index (χ4n) is 7.86. The maximum atomic E-state index is 10.9. The van der Waals surface area contributed by atoms with Crippen molar-refractivity contribution in [3.05, 3.63) is 182 Å². The summed E-state index contributed by atoms with van der Waals surface area (Å²) in [5.41, 5.74) is 8.98. The van der Waals surface area contributed by atoms with Gasteiger partial charge in [0.05, 0.1) is 50.1 Å². The molecule has 6 aromatic rings. The smallest absolute Gasteiger partial charge is 0.330 e. The maximum absolute atomic E-state index is 10.9. The fourth-order valence-corrected chi connectivity index (χ4v) is 7.86. The number of esters is 1. The predicted molar refractivity (Wildman–Crippen MR) is 343 cm³/mol. The van der Waals surface area contributed by atoms with E-state index in [1.165, 1.54) is 24.6 Å². The van der Waals surface area contributed by atoms with Crippen LogP contribution in [-0.4, -0.2) is 120 Å². The molecular formula is C71H91N3O13. The lowest BCUT2D eigenvalue weighted by molar-refractivity contribution is -0.286. The predicted octanol–water partition coefficient (Wildman–Crippen LogP) is 12.8. The third kappa shape index (κ3) is 35.4. The molecule has 6 rings (SSSR count). The molecule has 0 bridgehead atoms. The fraction of sp³-hybridized carbons (Fsp3) is 0.394. The van der Waals surface area contributed by atoms with E-state index in [2.05, 4.69) is 58.7 Å². The highest BCUT2D eigenvalue weighted by atomic mass is 17.2. The van der Waals surface area contributed by atoms with E-state index < -0.39 is 0 Å². The number of ether oxygens (including phenoxy) is 5. The summed E-state index contributed by atoms with van der Waals surface area (Å²) in [6, 6.07) is 35.9. The van der Waals surface area contributed by atoms with E-state index in [0.717, 1.165) is 165 Å². The summed E-state index contributed by atoms with van der Waals surface area (Å²) in [5, 5.41) is 34.8. The van der Waals surface area contributed by atoms with Gasteiger partial charge < -0.3 is 44.1 Å². The number of aliphatic hydroxyl groups is 4. The van der Waals surface area contributed by atoms with Gasteiger partial charge in [-0.1, -0.05) is 56.0 Å². The van der Waals surface area contributed by atoms with Crippen LogP contribution in [0.2, 0.25) is 0 Å². The van der Waals surface area contributed by atoms with Crippen LogP contribution >= 0.6 is 0 Å². The second kappa shape index (κ2) is 49.3. The molecule has 3 heterocycles. The summed E-state index contributed by atoms with van der Waals surface area (Å²) >= 11 is 0. The lowest BCUT2D eigenvalue weighted by Crippen LogP contribution is -2.02. The first kappa shape index (κ1) is 73.4. The van der Waals surface area contributed by atoms with Crippen LogP contribution in [0.25, 0.3) is 33.8 Å². The van der Waals surface area contributed by atoms with Gasteiger partial charge >= 0.3 is 5.97 Å². The molecule has 4 N–H and O–H groups in total.